The lowest BCUT2D eigenvalue weighted by Crippen LogP contribution is -2.42. The van der Waals surface area contributed by atoms with Crippen LogP contribution in [0.4, 0.5) is 0 Å². The predicted octanol–water partition coefficient (Wildman–Crippen LogP) is 3.09. The molecular formula is C17H18ClNO4. The molecule has 1 amide bonds. The number of halogens is 1. The van der Waals surface area contributed by atoms with E-state index in [1.165, 1.54) is 0 Å². The van der Waals surface area contributed by atoms with Crippen LogP contribution >= 0.6 is 11.6 Å². The summed E-state index contributed by atoms with van der Waals surface area (Å²) in [5, 5.41) is 1.17. The van der Waals surface area contributed by atoms with E-state index in [9.17, 15) is 9.59 Å². The van der Waals surface area contributed by atoms with Crippen molar-refractivity contribution in [2.45, 2.75) is 25.9 Å². The third-order valence-electron chi connectivity index (χ3n) is 4.06. The fourth-order valence-electron chi connectivity index (χ4n) is 2.87. The van der Waals surface area contributed by atoms with E-state index < -0.39 is 5.63 Å². The van der Waals surface area contributed by atoms with Crippen LogP contribution in [0.2, 0.25) is 5.02 Å². The van der Waals surface area contributed by atoms with Crippen LogP contribution in [0.25, 0.3) is 11.0 Å². The molecule has 1 aliphatic heterocycles. The largest absolute Gasteiger partial charge is 0.422 e. The number of ether oxygens (including phenoxy) is 1. The van der Waals surface area contributed by atoms with E-state index in [4.69, 9.17) is 20.8 Å². The predicted molar refractivity (Wildman–Crippen MR) is 88.0 cm³/mol. The van der Waals surface area contributed by atoms with Gasteiger partial charge in [-0.1, -0.05) is 11.6 Å². The Balaban J connectivity index is 1.84. The van der Waals surface area contributed by atoms with Gasteiger partial charge in [0.1, 0.15) is 11.1 Å². The van der Waals surface area contributed by atoms with Gasteiger partial charge in [0.2, 0.25) is 0 Å². The Morgan fingerprint density at radius 1 is 1.35 bits per heavy atom. The van der Waals surface area contributed by atoms with Gasteiger partial charge in [-0.25, -0.2) is 4.79 Å². The van der Waals surface area contributed by atoms with Gasteiger partial charge in [-0.15, -0.1) is 0 Å². The highest BCUT2D eigenvalue weighted by Crippen LogP contribution is 2.20. The van der Waals surface area contributed by atoms with Crippen LogP contribution in [0.15, 0.2) is 33.5 Å². The van der Waals surface area contributed by atoms with Crippen molar-refractivity contribution in [3.63, 3.8) is 0 Å². The number of amides is 1. The van der Waals surface area contributed by atoms with Gasteiger partial charge in [-0.05, 0) is 44.0 Å². The summed E-state index contributed by atoms with van der Waals surface area (Å²) >= 11 is 5.96. The van der Waals surface area contributed by atoms with Gasteiger partial charge in [-0.2, -0.15) is 0 Å². The molecule has 3 rings (SSSR count). The lowest BCUT2D eigenvalue weighted by atomic mass is 10.1. The summed E-state index contributed by atoms with van der Waals surface area (Å²) < 4.78 is 10.8. The van der Waals surface area contributed by atoms with Crippen molar-refractivity contribution >= 4 is 28.5 Å². The van der Waals surface area contributed by atoms with Gasteiger partial charge in [0.25, 0.3) is 5.91 Å². The molecule has 122 valence electrons. The number of nitrogens with zero attached hydrogens (tertiary/aromatic N) is 1. The van der Waals surface area contributed by atoms with Gasteiger partial charge in [0.05, 0.1) is 6.10 Å². The first-order chi connectivity index (χ1) is 11.1. The summed E-state index contributed by atoms with van der Waals surface area (Å²) in [4.78, 5) is 26.4. The van der Waals surface area contributed by atoms with E-state index in [1.807, 2.05) is 6.92 Å². The van der Waals surface area contributed by atoms with Crippen molar-refractivity contribution in [3.05, 3.63) is 45.3 Å². The molecule has 0 N–H and O–H groups in total. The van der Waals surface area contributed by atoms with Crippen LogP contribution in [0.5, 0.6) is 0 Å². The first kappa shape index (κ1) is 16.0. The highest BCUT2D eigenvalue weighted by atomic mass is 35.5. The van der Waals surface area contributed by atoms with E-state index in [2.05, 4.69) is 0 Å². The Kier molecular flexibility index (Phi) is 4.68. The van der Waals surface area contributed by atoms with E-state index in [-0.39, 0.29) is 17.6 Å². The van der Waals surface area contributed by atoms with Gasteiger partial charge in [0.15, 0.2) is 0 Å². The molecule has 1 fully saturated rings. The summed E-state index contributed by atoms with van der Waals surface area (Å²) in [6.07, 6.45) is 1.75. The maximum Gasteiger partial charge on any atom is 0.349 e. The second kappa shape index (κ2) is 6.72. The molecular weight excluding hydrogens is 318 g/mol. The van der Waals surface area contributed by atoms with Crippen molar-refractivity contribution in [2.75, 3.05) is 19.7 Å². The first-order valence-electron chi connectivity index (χ1n) is 7.72. The first-order valence-corrected chi connectivity index (χ1v) is 8.10. The third kappa shape index (κ3) is 3.41. The van der Waals surface area contributed by atoms with Gasteiger partial charge < -0.3 is 14.1 Å². The molecule has 0 unspecified atom stereocenters. The lowest BCUT2D eigenvalue weighted by molar-refractivity contribution is 0.0145. The molecule has 1 aromatic heterocycles. The molecule has 0 bridgehead atoms. The van der Waals surface area contributed by atoms with Crippen LogP contribution in [-0.2, 0) is 4.74 Å². The van der Waals surface area contributed by atoms with Gasteiger partial charge in [0, 0.05) is 30.1 Å². The lowest BCUT2D eigenvalue weighted by Gasteiger charge is -2.31. The van der Waals surface area contributed by atoms with Crippen LogP contribution in [-0.4, -0.2) is 36.6 Å². The molecule has 0 atom stereocenters. The van der Waals surface area contributed by atoms with Crippen molar-refractivity contribution in [2.24, 2.45) is 0 Å². The SMILES string of the molecule is CCOC1CCN(C(=O)c2cc3cc(Cl)ccc3oc2=O)CC1. The quantitative estimate of drug-likeness (QED) is 0.809. The highest BCUT2D eigenvalue weighted by molar-refractivity contribution is 6.31. The Morgan fingerprint density at radius 3 is 2.78 bits per heavy atom. The average molecular weight is 336 g/mol. The summed E-state index contributed by atoms with van der Waals surface area (Å²) in [6, 6.07) is 6.51. The van der Waals surface area contributed by atoms with Crippen LogP contribution in [0.1, 0.15) is 30.1 Å². The van der Waals surface area contributed by atoms with Crippen LogP contribution in [0.3, 0.4) is 0 Å². The van der Waals surface area contributed by atoms with E-state index in [1.54, 1.807) is 29.2 Å². The average Bonchev–Trinajstić information content (AvgIpc) is 2.55. The summed E-state index contributed by atoms with van der Waals surface area (Å²) in [7, 11) is 0. The fraction of sp³-hybridized carbons (Fsp3) is 0.412. The van der Waals surface area contributed by atoms with Gasteiger partial charge >= 0.3 is 5.63 Å². The van der Waals surface area contributed by atoms with E-state index in [0.717, 1.165) is 12.8 Å². The minimum Gasteiger partial charge on any atom is -0.422 e. The molecule has 23 heavy (non-hydrogen) atoms. The zero-order valence-corrected chi connectivity index (χ0v) is 13.6. The number of carbonyl (C=O) groups is 1. The number of likely N-dealkylation sites (tertiary alicyclic amines) is 1. The maximum atomic E-state index is 12.6. The van der Waals surface area contributed by atoms with Gasteiger partial charge in [-0.3, -0.25) is 4.79 Å². The Labute approximate surface area is 138 Å². The molecule has 2 heterocycles. The molecule has 6 heteroatoms. The number of piperidine rings is 1. The molecule has 0 spiro atoms. The highest BCUT2D eigenvalue weighted by Gasteiger charge is 2.26. The second-order valence-electron chi connectivity index (χ2n) is 5.58. The molecule has 2 aromatic rings. The molecule has 0 radical (unpaired) electrons. The number of hydrogen-bond acceptors (Lipinski definition) is 4. The zero-order chi connectivity index (χ0) is 16.4. The number of rotatable bonds is 3. The topological polar surface area (TPSA) is 59.8 Å². The molecule has 0 saturated carbocycles. The van der Waals surface area contributed by atoms with Crippen molar-refractivity contribution in [1.29, 1.82) is 0 Å². The monoisotopic (exact) mass is 335 g/mol. The third-order valence-corrected chi connectivity index (χ3v) is 4.29. The van der Waals surface area contributed by atoms with E-state index in [0.29, 0.717) is 35.7 Å². The summed E-state index contributed by atoms with van der Waals surface area (Å²) in [6.45, 7) is 3.80. The van der Waals surface area contributed by atoms with Crippen LogP contribution in [0, 0.1) is 0 Å². The number of benzene rings is 1. The molecule has 1 aliphatic rings. The molecule has 0 aliphatic carbocycles. The number of carbonyl (C=O) groups excluding carboxylic acids is 1. The van der Waals surface area contributed by atoms with Crippen molar-refractivity contribution < 1.29 is 13.9 Å². The molecule has 1 saturated heterocycles. The maximum absolute atomic E-state index is 12.6. The smallest absolute Gasteiger partial charge is 0.349 e. The van der Waals surface area contributed by atoms with E-state index >= 15 is 0 Å². The van der Waals surface area contributed by atoms with Crippen molar-refractivity contribution in [3.8, 4) is 0 Å². The number of hydrogen-bond donors (Lipinski definition) is 0. The minimum absolute atomic E-state index is 0.0506. The van der Waals surface area contributed by atoms with Crippen LogP contribution < -0.4 is 5.63 Å². The molecule has 5 nitrogen and oxygen atoms in total. The van der Waals surface area contributed by atoms with Crippen molar-refractivity contribution in [1.82, 2.24) is 4.90 Å². The Morgan fingerprint density at radius 2 is 2.09 bits per heavy atom. The fourth-order valence-corrected chi connectivity index (χ4v) is 3.06. The Hall–Kier alpha value is -1.85. The molecule has 1 aromatic carbocycles. The normalized spacial score (nSPS) is 16.0. The number of fused-ring (bicyclic) bond motifs is 1. The summed E-state index contributed by atoms with van der Waals surface area (Å²) in [5.41, 5.74) is -0.141. The zero-order valence-electron chi connectivity index (χ0n) is 12.9. The summed E-state index contributed by atoms with van der Waals surface area (Å²) in [5.74, 6) is -0.296. The standard InChI is InChI=1S/C17H18ClNO4/c1-2-22-13-5-7-19(8-6-13)16(20)14-10-11-9-12(18)3-4-15(11)23-17(14)21/h3-4,9-10,13H,2,5-8H2,1H3. The minimum atomic E-state index is -0.614. The Bertz CT molecular complexity index is 778. The second-order valence-corrected chi connectivity index (χ2v) is 6.01.